The van der Waals surface area contributed by atoms with Crippen molar-refractivity contribution in [1.29, 1.82) is 5.26 Å². The summed E-state index contributed by atoms with van der Waals surface area (Å²) in [4.78, 5) is 51.5. The first-order valence-corrected chi connectivity index (χ1v) is 13.3. The number of fused-ring (bicyclic) bond motifs is 1. The molecule has 4 atom stereocenters. The van der Waals surface area contributed by atoms with Gasteiger partial charge in [0.1, 0.15) is 18.1 Å². The highest BCUT2D eigenvalue weighted by Crippen LogP contribution is 2.28. The number of hydrogen-bond acceptors (Lipinski definition) is 6. The average Bonchev–Trinajstić information content (AvgIpc) is 3.28. The number of nitriles is 1. The van der Waals surface area contributed by atoms with Gasteiger partial charge in [-0.25, -0.2) is 0 Å². The number of benzene rings is 1. The third-order valence-corrected chi connectivity index (χ3v) is 6.95. The first kappa shape index (κ1) is 31.8. The number of hydrogen-bond donors (Lipinski definition) is 3. The second kappa shape index (κ2) is 13.6. The van der Waals surface area contributed by atoms with E-state index in [9.17, 15) is 24.4 Å². The van der Waals surface area contributed by atoms with Gasteiger partial charge in [-0.15, -0.1) is 0 Å². The Morgan fingerprint density at radius 1 is 1.21 bits per heavy atom. The molecule has 0 radical (unpaired) electrons. The van der Waals surface area contributed by atoms with Crippen LogP contribution in [0.25, 0.3) is 0 Å². The zero-order valence-corrected chi connectivity index (χ0v) is 24.2. The zero-order valence-electron chi connectivity index (χ0n) is 24.2. The number of nitrogens with one attached hydrogen (secondary N) is 3. The Labute approximate surface area is 231 Å². The molecule has 0 aromatic heterocycles. The normalized spacial score (nSPS) is 20.3. The number of methoxy groups -OCH3 is 1. The Balaban J connectivity index is 0.000000798. The average molecular weight is 542 g/mol. The van der Waals surface area contributed by atoms with Gasteiger partial charge in [-0.05, 0) is 50.2 Å². The van der Waals surface area contributed by atoms with Crippen LogP contribution in [-0.2, 0) is 36.9 Å². The van der Waals surface area contributed by atoms with Gasteiger partial charge in [0.05, 0.1) is 11.7 Å². The SMILES string of the molecule is CC(C)(C)[C@H](NC=O)C(=O)N1Cc2ccccc2CC1C(=O)NC(C#N)CC1CCNC1=O.COC(C)(C)C. The molecule has 4 amide bonds. The summed E-state index contributed by atoms with van der Waals surface area (Å²) >= 11 is 0. The highest BCUT2D eigenvalue weighted by Gasteiger charge is 2.41. The first-order chi connectivity index (χ1) is 18.2. The fraction of sp³-hybridized carbons (Fsp3) is 0.621. The molecule has 3 N–H and O–H groups in total. The van der Waals surface area contributed by atoms with E-state index in [1.165, 1.54) is 4.90 Å². The standard InChI is InChI=1S/C24H31N5O4.C5H12O/c1-24(2,3)20(27-14-30)23(33)29-13-17-7-5-4-6-15(17)11-19(29)22(32)28-18(12-25)10-16-8-9-26-21(16)31;1-5(2,3)6-4/h4-7,14,16,18-20H,8-11,13H2,1-3H3,(H,26,31)(H,27,30)(H,28,32);1-4H3/t16?,18?,19?,20-;/m1./s1. The smallest absolute Gasteiger partial charge is 0.246 e. The number of rotatable bonds is 7. The van der Waals surface area contributed by atoms with Gasteiger partial charge in [0.15, 0.2) is 0 Å². The lowest BCUT2D eigenvalue weighted by molar-refractivity contribution is -0.146. The predicted molar refractivity (Wildman–Crippen MR) is 147 cm³/mol. The minimum atomic E-state index is -0.841. The maximum Gasteiger partial charge on any atom is 0.246 e. The van der Waals surface area contributed by atoms with Crippen molar-refractivity contribution in [3.8, 4) is 6.07 Å². The van der Waals surface area contributed by atoms with Gasteiger partial charge in [0.2, 0.25) is 24.1 Å². The summed E-state index contributed by atoms with van der Waals surface area (Å²) in [5, 5.41) is 17.7. The van der Waals surface area contributed by atoms with Crippen LogP contribution in [0, 0.1) is 22.7 Å². The van der Waals surface area contributed by atoms with Crippen LogP contribution in [0.1, 0.15) is 65.5 Å². The lowest BCUT2D eigenvalue weighted by Crippen LogP contribution is -2.60. The molecule has 2 heterocycles. The highest BCUT2D eigenvalue weighted by atomic mass is 16.5. The highest BCUT2D eigenvalue weighted by molar-refractivity contribution is 5.92. The van der Waals surface area contributed by atoms with E-state index >= 15 is 0 Å². The Hall–Kier alpha value is -3.45. The minimum Gasteiger partial charge on any atom is -0.379 e. The van der Waals surface area contributed by atoms with Crippen molar-refractivity contribution >= 4 is 24.1 Å². The van der Waals surface area contributed by atoms with Gasteiger partial charge in [-0.1, -0.05) is 45.0 Å². The van der Waals surface area contributed by atoms with E-state index in [1.54, 1.807) is 7.11 Å². The fourth-order valence-corrected chi connectivity index (χ4v) is 4.48. The molecule has 0 saturated carbocycles. The van der Waals surface area contributed by atoms with Gasteiger partial charge in [0, 0.05) is 32.5 Å². The van der Waals surface area contributed by atoms with Crippen molar-refractivity contribution in [1.82, 2.24) is 20.9 Å². The van der Waals surface area contributed by atoms with Gasteiger partial charge in [-0.3, -0.25) is 19.2 Å². The van der Waals surface area contributed by atoms with Crippen LogP contribution in [0.3, 0.4) is 0 Å². The Morgan fingerprint density at radius 2 is 1.82 bits per heavy atom. The predicted octanol–water partition coefficient (Wildman–Crippen LogP) is 2.07. The summed E-state index contributed by atoms with van der Waals surface area (Å²) in [6.07, 6.45) is 1.65. The fourth-order valence-electron chi connectivity index (χ4n) is 4.48. The molecule has 3 rings (SSSR count). The second-order valence-electron chi connectivity index (χ2n) is 12.1. The summed E-state index contributed by atoms with van der Waals surface area (Å²) < 4.78 is 4.94. The minimum absolute atomic E-state index is 0.0417. The monoisotopic (exact) mass is 541 g/mol. The largest absolute Gasteiger partial charge is 0.379 e. The molecule has 39 heavy (non-hydrogen) atoms. The van der Waals surface area contributed by atoms with Crippen LogP contribution in [0.4, 0.5) is 0 Å². The first-order valence-electron chi connectivity index (χ1n) is 13.3. The molecule has 10 heteroatoms. The van der Waals surface area contributed by atoms with E-state index in [1.807, 2.05) is 65.8 Å². The van der Waals surface area contributed by atoms with Crippen LogP contribution in [-0.4, -0.2) is 66.4 Å². The molecule has 10 nitrogen and oxygen atoms in total. The van der Waals surface area contributed by atoms with Gasteiger partial charge < -0.3 is 25.6 Å². The van der Waals surface area contributed by atoms with Crippen molar-refractivity contribution in [2.45, 2.75) is 91.1 Å². The molecule has 2 aliphatic rings. The van der Waals surface area contributed by atoms with Crippen molar-refractivity contribution in [3.63, 3.8) is 0 Å². The third-order valence-electron chi connectivity index (χ3n) is 6.95. The molecule has 1 aromatic rings. The zero-order chi connectivity index (χ0) is 29.4. The van der Waals surface area contributed by atoms with Crippen LogP contribution in [0.2, 0.25) is 0 Å². The van der Waals surface area contributed by atoms with E-state index in [4.69, 9.17) is 4.74 Å². The second-order valence-corrected chi connectivity index (χ2v) is 12.1. The number of carbonyl (C=O) groups is 4. The number of nitrogens with zero attached hydrogens (tertiary/aromatic N) is 2. The quantitative estimate of drug-likeness (QED) is 0.452. The van der Waals surface area contributed by atoms with Crippen LogP contribution < -0.4 is 16.0 Å². The van der Waals surface area contributed by atoms with Crippen molar-refractivity contribution in [3.05, 3.63) is 35.4 Å². The van der Waals surface area contributed by atoms with Gasteiger partial charge in [-0.2, -0.15) is 5.26 Å². The third kappa shape index (κ3) is 9.06. The molecule has 214 valence electrons. The molecule has 0 aliphatic carbocycles. The summed E-state index contributed by atoms with van der Waals surface area (Å²) in [5.74, 6) is -1.22. The van der Waals surface area contributed by atoms with E-state index < -0.39 is 29.4 Å². The molecule has 1 saturated heterocycles. The number of carbonyl (C=O) groups excluding carboxylic acids is 4. The maximum atomic E-state index is 13.5. The molecule has 3 unspecified atom stereocenters. The van der Waals surface area contributed by atoms with Crippen molar-refractivity contribution < 1.29 is 23.9 Å². The molecule has 2 aliphatic heterocycles. The summed E-state index contributed by atoms with van der Waals surface area (Å²) in [6.45, 7) is 12.4. The molecule has 1 fully saturated rings. The Bertz CT molecular complexity index is 1070. The summed E-state index contributed by atoms with van der Waals surface area (Å²) in [7, 11) is 1.71. The topological polar surface area (TPSA) is 141 Å². The Morgan fingerprint density at radius 3 is 2.31 bits per heavy atom. The lowest BCUT2D eigenvalue weighted by atomic mass is 9.84. The van der Waals surface area contributed by atoms with Crippen LogP contribution in [0.5, 0.6) is 0 Å². The van der Waals surface area contributed by atoms with Gasteiger partial charge >= 0.3 is 0 Å². The van der Waals surface area contributed by atoms with Crippen molar-refractivity contribution in [2.24, 2.45) is 11.3 Å². The molecule has 0 spiro atoms. The molecular weight excluding hydrogens is 498 g/mol. The van der Waals surface area contributed by atoms with Gasteiger partial charge in [0.25, 0.3) is 0 Å². The van der Waals surface area contributed by atoms with Crippen LogP contribution >= 0.6 is 0 Å². The maximum absolute atomic E-state index is 13.5. The number of ether oxygens (including phenoxy) is 1. The summed E-state index contributed by atoms with van der Waals surface area (Å²) in [5.41, 5.74) is 1.37. The lowest BCUT2D eigenvalue weighted by Gasteiger charge is -2.40. The molecule has 0 bridgehead atoms. The van der Waals surface area contributed by atoms with E-state index in [0.29, 0.717) is 25.8 Å². The summed E-state index contributed by atoms with van der Waals surface area (Å²) in [6, 6.07) is 7.19. The Kier molecular flexibility index (Phi) is 11.0. The van der Waals surface area contributed by atoms with E-state index in [-0.39, 0.29) is 36.3 Å². The van der Waals surface area contributed by atoms with Crippen LogP contribution in [0.15, 0.2) is 24.3 Å². The number of amides is 4. The molecule has 1 aromatic carbocycles. The van der Waals surface area contributed by atoms with Crippen molar-refractivity contribution in [2.75, 3.05) is 13.7 Å². The molecular formula is C29H43N5O5. The van der Waals surface area contributed by atoms with E-state index in [0.717, 1.165) is 11.1 Å². The van der Waals surface area contributed by atoms with E-state index in [2.05, 4.69) is 22.0 Å².